The molecule has 0 heterocycles. The Morgan fingerprint density at radius 1 is 1.04 bits per heavy atom. The Hall–Kier alpha value is -3.22. The third-order valence-electron chi connectivity index (χ3n) is 3.92. The zero-order valence-electron chi connectivity index (χ0n) is 14.7. The van der Waals surface area contributed by atoms with E-state index < -0.39 is 23.4 Å². The SMILES string of the molecule is CCc1cccc(CC)c1NC(=O)COC(=O)c1ccccc1[N+](=O)[O-]. The molecule has 0 saturated heterocycles. The van der Waals surface area contributed by atoms with Crippen molar-refractivity contribution in [2.24, 2.45) is 0 Å². The molecule has 0 aliphatic heterocycles. The van der Waals surface area contributed by atoms with E-state index >= 15 is 0 Å². The third-order valence-corrected chi connectivity index (χ3v) is 3.92. The topological polar surface area (TPSA) is 98.5 Å². The van der Waals surface area contributed by atoms with Crippen molar-refractivity contribution in [3.05, 3.63) is 69.3 Å². The van der Waals surface area contributed by atoms with Gasteiger partial charge in [0, 0.05) is 11.8 Å². The summed E-state index contributed by atoms with van der Waals surface area (Å²) in [6, 6.07) is 11.2. The van der Waals surface area contributed by atoms with Crippen LogP contribution < -0.4 is 5.32 Å². The Morgan fingerprint density at radius 3 is 2.23 bits per heavy atom. The summed E-state index contributed by atoms with van der Waals surface area (Å²) in [6.45, 7) is 3.45. The average Bonchev–Trinajstić information content (AvgIpc) is 2.66. The number of nitrogens with one attached hydrogen (secondary N) is 1. The first-order valence-electron chi connectivity index (χ1n) is 8.29. The number of amides is 1. The smallest absolute Gasteiger partial charge is 0.345 e. The highest BCUT2D eigenvalue weighted by Crippen LogP contribution is 2.23. The number of hydrogen-bond acceptors (Lipinski definition) is 5. The molecule has 26 heavy (non-hydrogen) atoms. The number of benzene rings is 2. The molecule has 0 unspecified atom stereocenters. The van der Waals surface area contributed by atoms with Crippen LogP contribution in [0.25, 0.3) is 0 Å². The lowest BCUT2D eigenvalue weighted by atomic mass is 10.0. The van der Waals surface area contributed by atoms with Gasteiger partial charge in [0.2, 0.25) is 0 Å². The van der Waals surface area contributed by atoms with Crippen LogP contribution in [-0.4, -0.2) is 23.4 Å². The molecule has 0 radical (unpaired) electrons. The van der Waals surface area contributed by atoms with Crippen LogP contribution in [0.3, 0.4) is 0 Å². The summed E-state index contributed by atoms with van der Waals surface area (Å²) >= 11 is 0. The molecular formula is C19H20N2O5. The van der Waals surface area contributed by atoms with Crippen molar-refractivity contribution in [2.45, 2.75) is 26.7 Å². The van der Waals surface area contributed by atoms with Gasteiger partial charge in [0.25, 0.3) is 11.6 Å². The summed E-state index contributed by atoms with van der Waals surface area (Å²) in [6.07, 6.45) is 1.50. The number of hydrogen-bond donors (Lipinski definition) is 1. The van der Waals surface area contributed by atoms with Crippen LogP contribution in [0, 0.1) is 10.1 Å². The Morgan fingerprint density at radius 2 is 1.65 bits per heavy atom. The lowest BCUT2D eigenvalue weighted by molar-refractivity contribution is -0.385. The lowest BCUT2D eigenvalue weighted by Gasteiger charge is -2.14. The van der Waals surface area contributed by atoms with Gasteiger partial charge in [0.15, 0.2) is 6.61 Å². The molecule has 0 aromatic heterocycles. The Balaban J connectivity index is 2.06. The normalized spacial score (nSPS) is 10.2. The highest BCUT2D eigenvalue weighted by molar-refractivity contribution is 5.98. The van der Waals surface area contributed by atoms with E-state index in [-0.39, 0.29) is 11.3 Å². The Kier molecular flexibility index (Phi) is 6.43. The van der Waals surface area contributed by atoms with E-state index in [1.165, 1.54) is 24.3 Å². The standard InChI is InChI=1S/C19H20N2O5/c1-3-13-8-7-9-14(4-2)18(13)20-17(22)12-26-19(23)15-10-5-6-11-16(15)21(24)25/h5-11H,3-4,12H2,1-2H3,(H,20,22). The fraction of sp³-hybridized carbons (Fsp3) is 0.263. The van der Waals surface area contributed by atoms with Crippen molar-refractivity contribution < 1.29 is 19.2 Å². The second kappa shape index (κ2) is 8.75. The molecule has 2 rings (SSSR count). The summed E-state index contributed by atoms with van der Waals surface area (Å²) in [7, 11) is 0. The molecule has 136 valence electrons. The number of anilines is 1. The van der Waals surface area contributed by atoms with Gasteiger partial charge in [-0.2, -0.15) is 0 Å². The predicted octanol–water partition coefficient (Wildman–Crippen LogP) is 3.52. The predicted molar refractivity (Wildman–Crippen MR) is 97.2 cm³/mol. The quantitative estimate of drug-likeness (QED) is 0.465. The molecule has 0 spiro atoms. The van der Waals surface area contributed by atoms with Crippen molar-refractivity contribution in [3.63, 3.8) is 0 Å². The maximum atomic E-state index is 12.2. The molecule has 0 fully saturated rings. The third kappa shape index (κ3) is 4.44. The molecule has 7 heteroatoms. The van der Waals surface area contributed by atoms with Crippen LogP contribution in [0.1, 0.15) is 35.3 Å². The van der Waals surface area contributed by atoms with E-state index in [4.69, 9.17) is 4.74 Å². The van der Waals surface area contributed by atoms with Crippen molar-refractivity contribution >= 4 is 23.3 Å². The molecule has 7 nitrogen and oxygen atoms in total. The van der Waals surface area contributed by atoms with Gasteiger partial charge in [-0.1, -0.05) is 44.2 Å². The number of ether oxygens (including phenoxy) is 1. The van der Waals surface area contributed by atoms with Crippen LogP contribution in [0.2, 0.25) is 0 Å². The fourth-order valence-electron chi connectivity index (χ4n) is 2.59. The highest BCUT2D eigenvalue weighted by atomic mass is 16.6. The molecule has 2 aromatic carbocycles. The van der Waals surface area contributed by atoms with E-state index in [2.05, 4.69) is 5.32 Å². The van der Waals surface area contributed by atoms with Gasteiger partial charge >= 0.3 is 5.97 Å². The molecule has 0 aliphatic carbocycles. The zero-order valence-corrected chi connectivity index (χ0v) is 14.7. The van der Waals surface area contributed by atoms with Crippen molar-refractivity contribution in [1.29, 1.82) is 0 Å². The first-order valence-corrected chi connectivity index (χ1v) is 8.29. The summed E-state index contributed by atoms with van der Waals surface area (Å²) in [5.74, 6) is -1.40. The largest absolute Gasteiger partial charge is 0.452 e. The van der Waals surface area contributed by atoms with Crippen LogP contribution in [0.15, 0.2) is 42.5 Å². The number of nitrogens with zero attached hydrogens (tertiary/aromatic N) is 1. The van der Waals surface area contributed by atoms with E-state index in [0.717, 1.165) is 29.7 Å². The maximum Gasteiger partial charge on any atom is 0.345 e. The lowest BCUT2D eigenvalue weighted by Crippen LogP contribution is -2.22. The average molecular weight is 356 g/mol. The summed E-state index contributed by atoms with van der Waals surface area (Å²) in [5, 5.41) is 13.7. The number of carbonyl (C=O) groups excluding carboxylic acids is 2. The fourth-order valence-corrected chi connectivity index (χ4v) is 2.59. The molecule has 2 aromatic rings. The van der Waals surface area contributed by atoms with Gasteiger partial charge in [-0.15, -0.1) is 0 Å². The molecule has 1 N–H and O–H groups in total. The monoisotopic (exact) mass is 356 g/mol. The van der Waals surface area contributed by atoms with Gasteiger partial charge in [-0.25, -0.2) is 4.79 Å². The zero-order chi connectivity index (χ0) is 19.1. The second-order valence-corrected chi connectivity index (χ2v) is 5.56. The van der Waals surface area contributed by atoms with Gasteiger partial charge in [-0.3, -0.25) is 14.9 Å². The molecular weight excluding hydrogens is 336 g/mol. The molecule has 1 amide bonds. The van der Waals surface area contributed by atoms with Crippen molar-refractivity contribution in [3.8, 4) is 0 Å². The van der Waals surface area contributed by atoms with Gasteiger partial charge in [-0.05, 0) is 30.0 Å². The highest BCUT2D eigenvalue weighted by Gasteiger charge is 2.21. The summed E-state index contributed by atoms with van der Waals surface area (Å²) in [4.78, 5) is 34.5. The summed E-state index contributed by atoms with van der Waals surface area (Å²) < 4.78 is 4.94. The molecule has 0 aliphatic rings. The molecule has 0 atom stereocenters. The van der Waals surface area contributed by atoms with E-state index in [1.54, 1.807) is 0 Å². The molecule has 0 saturated carbocycles. The number of carbonyl (C=O) groups is 2. The van der Waals surface area contributed by atoms with Crippen LogP contribution >= 0.6 is 0 Å². The number of rotatable bonds is 7. The van der Waals surface area contributed by atoms with Gasteiger partial charge in [0.05, 0.1) is 4.92 Å². The number of para-hydroxylation sites is 2. The van der Waals surface area contributed by atoms with Crippen molar-refractivity contribution in [2.75, 3.05) is 11.9 Å². The van der Waals surface area contributed by atoms with Crippen LogP contribution in [0.4, 0.5) is 11.4 Å². The van der Waals surface area contributed by atoms with Crippen LogP contribution in [0.5, 0.6) is 0 Å². The second-order valence-electron chi connectivity index (χ2n) is 5.56. The Labute approximate surface area is 151 Å². The Bertz CT molecular complexity index is 810. The van der Waals surface area contributed by atoms with Crippen molar-refractivity contribution in [1.82, 2.24) is 0 Å². The summed E-state index contributed by atoms with van der Waals surface area (Å²) in [5.41, 5.74) is 2.16. The van der Waals surface area contributed by atoms with E-state index in [0.29, 0.717) is 0 Å². The van der Waals surface area contributed by atoms with E-state index in [9.17, 15) is 19.7 Å². The first kappa shape index (κ1) is 19.1. The first-order chi connectivity index (χ1) is 12.5. The number of esters is 1. The maximum absolute atomic E-state index is 12.2. The number of nitro benzene ring substituents is 1. The van der Waals surface area contributed by atoms with Gasteiger partial charge < -0.3 is 10.1 Å². The van der Waals surface area contributed by atoms with Crippen LogP contribution in [-0.2, 0) is 22.4 Å². The van der Waals surface area contributed by atoms with Gasteiger partial charge in [0.1, 0.15) is 5.56 Å². The van der Waals surface area contributed by atoms with E-state index in [1.807, 2.05) is 32.0 Å². The molecule has 0 bridgehead atoms. The number of nitro groups is 1. The minimum Gasteiger partial charge on any atom is -0.452 e. The number of aryl methyl sites for hydroxylation is 2. The minimum absolute atomic E-state index is 0.187. The minimum atomic E-state index is -0.910.